The predicted molar refractivity (Wildman–Crippen MR) is 112 cm³/mol. The lowest BCUT2D eigenvalue weighted by atomic mass is 10.2. The normalized spacial score (nSPS) is 13.6. The highest BCUT2D eigenvalue weighted by Crippen LogP contribution is 2.30. The average Bonchev–Trinajstić information content (AvgIpc) is 3.43. The molecule has 1 aromatic rings. The van der Waals surface area contributed by atoms with Gasteiger partial charge in [-0.25, -0.2) is 0 Å². The highest BCUT2D eigenvalue weighted by molar-refractivity contribution is 14.0. The first kappa shape index (κ1) is 21.5. The van der Waals surface area contributed by atoms with E-state index in [0.717, 1.165) is 30.3 Å². The smallest absolute Gasteiger partial charge is 0.239 e. The van der Waals surface area contributed by atoms with E-state index in [1.165, 1.54) is 12.8 Å². The van der Waals surface area contributed by atoms with Gasteiger partial charge in [-0.1, -0.05) is 25.1 Å². The van der Waals surface area contributed by atoms with E-state index in [4.69, 9.17) is 4.74 Å². The fourth-order valence-corrected chi connectivity index (χ4v) is 2.17. The molecule has 25 heavy (non-hydrogen) atoms. The van der Waals surface area contributed by atoms with Crippen LogP contribution in [0.1, 0.15) is 31.7 Å². The van der Waals surface area contributed by atoms with Crippen molar-refractivity contribution in [3.63, 3.8) is 0 Å². The van der Waals surface area contributed by atoms with E-state index >= 15 is 0 Å². The number of carbonyl (C=O) groups is 1. The topological polar surface area (TPSA) is 74.8 Å². The number of nitrogens with one attached hydrogen (secondary N) is 3. The molecule has 1 aromatic carbocycles. The van der Waals surface area contributed by atoms with Crippen molar-refractivity contribution >= 4 is 35.8 Å². The SMILES string of the molecule is CCCNC(=O)CNC(=NC)NCc1ccccc1OCC1CC1.I. The highest BCUT2D eigenvalue weighted by atomic mass is 127. The molecular formula is C18H29IN4O2. The number of halogens is 1. The summed E-state index contributed by atoms with van der Waals surface area (Å²) >= 11 is 0. The Morgan fingerprint density at radius 2 is 2.00 bits per heavy atom. The molecule has 0 atom stereocenters. The summed E-state index contributed by atoms with van der Waals surface area (Å²) in [5, 5.41) is 9.06. The van der Waals surface area contributed by atoms with Gasteiger partial charge >= 0.3 is 0 Å². The summed E-state index contributed by atoms with van der Waals surface area (Å²) in [6.07, 6.45) is 3.48. The predicted octanol–water partition coefficient (Wildman–Crippen LogP) is 2.28. The van der Waals surface area contributed by atoms with E-state index in [0.29, 0.717) is 19.0 Å². The zero-order chi connectivity index (χ0) is 17.2. The van der Waals surface area contributed by atoms with Gasteiger partial charge in [-0.2, -0.15) is 0 Å². The molecule has 1 saturated carbocycles. The van der Waals surface area contributed by atoms with Crippen molar-refractivity contribution in [2.24, 2.45) is 10.9 Å². The van der Waals surface area contributed by atoms with Gasteiger partial charge in [-0.15, -0.1) is 24.0 Å². The first-order valence-corrected chi connectivity index (χ1v) is 8.64. The lowest BCUT2D eigenvalue weighted by molar-refractivity contribution is -0.120. The van der Waals surface area contributed by atoms with Gasteiger partial charge < -0.3 is 20.7 Å². The maximum atomic E-state index is 11.6. The van der Waals surface area contributed by atoms with Crippen molar-refractivity contribution in [2.45, 2.75) is 32.7 Å². The molecule has 2 rings (SSSR count). The lowest BCUT2D eigenvalue weighted by Crippen LogP contribution is -2.43. The van der Waals surface area contributed by atoms with E-state index < -0.39 is 0 Å². The molecule has 0 saturated heterocycles. The molecule has 0 spiro atoms. The van der Waals surface area contributed by atoms with Gasteiger partial charge in [0.15, 0.2) is 5.96 Å². The lowest BCUT2D eigenvalue weighted by Gasteiger charge is -2.14. The molecule has 1 amide bonds. The summed E-state index contributed by atoms with van der Waals surface area (Å²) in [5.41, 5.74) is 1.08. The van der Waals surface area contributed by atoms with Crippen molar-refractivity contribution in [3.05, 3.63) is 29.8 Å². The Morgan fingerprint density at radius 3 is 2.68 bits per heavy atom. The van der Waals surface area contributed by atoms with Gasteiger partial charge in [0.1, 0.15) is 5.75 Å². The maximum absolute atomic E-state index is 11.6. The third kappa shape index (κ3) is 8.42. The van der Waals surface area contributed by atoms with E-state index in [1.807, 2.05) is 31.2 Å². The molecule has 0 heterocycles. The van der Waals surface area contributed by atoms with Gasteiger partial charge in [0.25, 0.3) is 0 Å². The second kappa shape index (κ2) is 11.9. The number of rotatable bonds is 9. The Hall–Kier alpha value is -1.51. The number of guanidine groups is 1. The summed E-state index contributed by atoms with van der Waals surface area (Å²) in [7, 11) is 1.69. The number of amides is 1. The summed E-state index contributed by atoms with van der Waals surface area (Å²) in [6.45, 7) is 4.31. The fourth-order valence-electron chi connectivity index (χ4n) is 2.17. The molecule has 0 radical (unpaired) electrons. The molecule has 3 N–H and O–H groups in total. The summed E-state index contributed by atoms with van der Waals surface area (Å²) in [4.78, 5) is 15.8. The Kier molecular flexibility index (Phi) is 10.3. The number of carbonyl (C=O) groups excluding carboxylic acids is 1. The monoisotopic (exact) mass is 460 g/mol. The molecule has 0 aromatic heterocycles. The van der Waals surface area contributed by atoms with Crippen LogP contribution in [-0.4, -0.2) is 38.6 Å². The van der Waals surface area contributed by atoms with E-state index in [2.05, 4.69) is 20.9 Å². The Bertz CT molecular complexity index is 562. The van der Waals surface area contributed by atoms with Crippen molar-refractivity contribution in [2.75, 3.05) is 26.7 Å². The molecule has 6 nitrogen and oxygen atoms in total. The van der Waals surface area contributed by atoms with Crippen LogP contribution < -0.4 is 20.7 Å². The number of hydrogen-bond acceptors (Lipinski definition) is 3. The highest BCUT2D eigenvalue weighted by Gasteiger charge is 2.22. The van der Waals surface area contributed by atoms with Gasteiger partial charge in [-0.05, 0) is 31.2 Å². The van der Waals surface area contributed by atoms with Crippen LogP contribution in [0.3, 0.4) is 0 Å². The van der Waals surface area contributed by atoms with Crippen LogP contribution in [0, 0.1) is 5.92 Å². The third-order valence-electron chi connectivity index (χ3n) is 3.80. The van der Waals surface area contributed by atoms with Crippen molar-refractivity contribution < 1.29 is 9.53 Å². The van der Waals surface area contributed by atoms with Crippen LogP contribution in [0.15, 0.2) is 29.3 Å². The zero-order valence-electron chi connectivity index (χ0n) is 15.0. The molecule has 0 unspecified atom stereocenters. The van der Waals surface area contributed by atoms with Crippen molar-refractivity contribution in [1.82, 2.24) is 16.0 Å². The maximum Gasteiger partial charge on any atom is 0.239 e. The third-order valence-corrected chi connectivity index (χ3v) is 3.80. The van der Waals surface area contributed by atoms with Crippen LogP contribution in [0.4, 0.5) is 0 Å². The second-order valence-electron chi connectivity index (χ2n) is 5.99. The number of hydrogen-bond donors (Lipinski definition) is 3. The minimum absolute atomic E-state index is 0. The number of ether oxygens (including phenoxy) is 1. The van der Waals surface area contributed by atoms with Crippen LogP contribution in [0.2, 0.25) is 0 Å². The summed E-state index contributed by atoms with van der Waals surface area (Å²) in [5.74, 6) is 2.20. The number of aliphatic imine (C=N–C) groups is 1. The Labute approximate surface area is 167 Å². The number of para-hydroxylation sites is 1. The fraction of sp³-hybridized carbons (Fsp3) is 0.556. The van der Waals surface area contributed by atoms with Crippen LogP contribution >= 0.6 is 24.0 Å². The van der Waals surface area contributed by atoms with Crippen molar-refractivity contribution in [3.8, 4) is 5.75 Å². The standard InChI is InChI=1S/C18H28N4O2.HI/c1-3-10-20-17(23)12-22-18(19-2)21-11-15-6-4-5-7-16(15)24-13-14-8-9-14;/h4-7,14H,3,8-13H2,1-2H3,(H,20,23)(H2,19,21,22);1H. The quantitative estimate of drug-likeness (QED) is 0.301. The van der Waals surface area contributed by atoms with E-state index in [1.54, 1.807) is 7.05 Å². The largest absolute Gasteiger partial charge is 0.493 e. The molecule has 1 aliphatic carbocycles. The molecule has 140 valence electrons. The minimum Gasteiger partial charge on any atom is -0.493 e. The van der Waals surface area contributed by atoms with Gasteiger partial charge in [0.05, 0.1) is 13.2 Å². The molecule has 1 fully saturated rings. The zero-order valence-corrected chi connectivity index (χ0v) is 17.3. The number of benzene rings is 1. The molecule has 7 heteroatoms. The second-order valence-corrected chi connectivity index (χ2v) is 5.99. The van der Waals surface area contributed by atoms with E-state index in [-0.39, 0.29) is 36.4 Å². The minimum atomic E-state index is -0.0343. The van der Waals surface area contributed by atoms with Crippen molar-refractivity contribution in [1.29, 1.82) is 0 Å². The molecule has 1 aliphatic rings. The van der Waals surface area contributed by atoms with Gasteiger partial charge in [0, 0.05) is 25.7 Å². The van der Waals surface area contributed by atoms with Crippen LogP contribution in [0.25, 0.3) is 0 Å². The van der Waals surface area contributed by atoms with E-state index in [9.17, 15) is 4.79 Å². The first-order valence-electron chi connectivity index (χ1n) is 8.64. The van der Waals surface area contributed by atoms with Crippen LogP contribution in [-0.2, 0) is 11.3 Å². The summed E-state index contributed by atoms with van der Waals surface area (Å²) in [6, 6.07) is 8.01. The Morgan fingerprint density at radius 1 is 1.24 bits per heavy atom. The Balaban J connectivity index is 0.00000312. The number of nitrogens with zero attached hydrogens (tertiary/aromatic N) is 1. The molecular weight excluding hydrogens is 431 g/mol. The molecule has 0 bridgehead atoms. The van der Waals surface area contributed by atoms with Crippen LogP contribution in [0.5, 0.6) is 5.75 Å². The summed E-state index contributed by atoms with van der Waals surface area (Å²) < 4.78 is 5.91. The first-order chi connectivity index (χ1) is 11.7. The van der Waals surface area contributed by atoms with Gasteiger partial charge in [-0.3, -0.25) is 9.79 Å². The average molecular weight is 460 g/mol. The van der Waals surface area contributed by atoms with Gasteiger partial charge in [0.2, 0.25) is 5.91 Å². The molecule has 0 aliphatic heterocycles.